The van der Waals surface area contributed by atoms with Crippen molar-refractivity contribution in [3.8, 4) is 0 Å². The topological polar surface area (TPSA) is 128 Å². The Morgan fingerprint density at radius 1 is 1.09 bits per heavy atom. The van der Waals surface area contributed by atoms with Crippen molar-refractivity contribution in [1.29, 1.82) is 0 Å². The molecule has 2 aromatic carbocycles. The molecule has 0 aromatic heterocycles. The fourth-order valence-corrected chi connectivity index (χ4v) is 3.55. The van der Waals surface area contributed by atoms with E-state index in [1.807, 2.05) is 36.4 Å². The van der Waals surface area contributed by atoms with Crippen LogP contribution in [0.5, 0.6) is 0 Å². The van der Waals surface area contributed by atoms with Crippen LogP contribution < -0.4 is 10.6 Å². The van der Waals surface area contributed by atoms with E-state index in [1.165, 1.54) is 12.1 Å². The van der Waals surface area contributed by atoms with Crippen molar-refractivity contribution >= 4 is 23.5 Å². The lowest BCUT2D eigenvalue weighted by atomic mass is 9.98. The molecule has 0 radical (unpaired) electrons. The minimum atomic E-state index is -0.613. The summed E-state index contributed by atoms with van der Waals surface area (Å²) in [5, 5.41) is 16.3. The number of ether oxygens (including phenoxy) is 1. The summed E-state index contributed by atoms with van der Waals surface area (Å²) in [7, 11) is 0. The molecule has 0 aliphatic carbocycles. The smallest absolute Gasteiger partial charge is 0.306 e. The van der Waals surface area contributed by atoms with Gasteiger partial charge in [-0.1, -0.05) is 54.6 Å². The largest absolute Gasteiger partial charge is 0.456 e. The highest BCUT2D eigenvalue weighted by molar-refractivity contribution is 5.86. The van der Waals surface area contributed by atoms with Crippen molar-refractivity contribution in [2.45, 2.75) is 38.3 Å². The molecule has 1 heterocycles. The Morgan fingerprint density at radius 2 is 1.82 bits per heavy atom. The second kappa shape index (κ2) is 12.3. The summed E-state index contributed by atoms with van der Waals surface area (Å²) in [5.74, 6) is -1.52. The summed E-state index contributed by atoms with van der Waals surface area (Å²) in [6.45, 7) is 0.312. The number of rotatable bonds is 6. The molecular formula is C25H27N3O6. The van der Waals surface area contributed by atoms with Gasteiger partial charge in [0.2, 0.25) is 11.8 Å². The number of allylic oxidation sites excluding steroid dienone is 2. The van der Waals surface area contributed by atoms with Gasteiger partial charge in [0.15, 0.2) is 0 Å². The Hall–Kier alpha value is -4.01. The SMILES string of the molecule is O=C(C[C@@H]1C/C=C/CCC(=O)O[C@@H](c2ccccc2)CNC1=O)NCc1ccc([N+](=O)[O-])cc1. The first kappa shape index (κ1) is 24.6. The molecule has 1 aliphatic rings. The summed E-state index contributed by atoms with van der Waals surface area (Å²) in [6.07, 6.45) is 4.07. The van der Waals surface area contributed by atoms with Crippen LogP contribution in [0.1, 0.15) is 42.9 Å². The maximum atomic E-state index is 12.9. The van der Waals surface area contributed by atoms with Crippen molar-refractivity contribution in [2.75, 3.05) is 6.54 Å². The molecule has 9 nitrogen and oxygen atoms in total. The highest BCUT2D eigenvalue weighted by atomic mass is 16.6. The fourth-order valence-electron chi connectivity index (χ4n) is 3.55. The van der Waals surface area contributed by atoms with E-state index in [2.05, 4.69) is 10.6 Å². The number of carbonyl (C=O) groups excluding carboxylic acids is 3. The molecule has 1 aliphatic heterocycles. The highest BCUT2D eigenvalue weighted by Gasteiger charge is 2.24. The van der Waals surface area contributed by atoms with Gasteiger partial charge in [0.25, 0.3) is 5.69 Å². The number of nitrogens with one attached hydrogen (secondary N) is 2. The zero-order valence-electron chi connectivity index (χ0n) is 18.6. The van der Waals surface area contributed by atoms with Crippen molar-refractivity contribution in [3.05, 3.63) is 88.0 Å². The minimum Gasteiger partial charge on any atom is -0.456 e. The third kappa shape index (κ3) is 7.54. The zero-order valence-corrected chi connectivity index (χ0v) is 18.6. The Bertz CT molecular complexity index is 1040. The van der Waals surface area contributed by atoms with Crippen LogP contribution >= 0.6 is 0 Å². The predicted molar refractivity (Wildman–Crippen MR) is 124 cm³/mol. The van der Waals surface area contributed by atoms with E-state index in [-0.39, 0.29) is 49.4 Å². The number of carbonyl (C=O) groups is 3. The van der Waals surface area contributed by atoms with Crippen molar-refractivity contribution < 1.29 is 24.0 Å². The number of nitro benzene ring substituents is 1. The summed E-state index contributed by atoms with van der Waals surface area (Å²) in [6, 6.07) is 15.1. The van der Waals surface area contributed by atoms with Gasteiger partial charge in [0, 0.05) is 31.5 Å². The van der Waals surface area contributed by atoms with Crippen LogP contribution in [-0.2, 0) is 25.7 Å². The van der Waals surface area contributed by atoms with Gasteiger partial charge in [-0.2, -0.15) is 0 Å². The average Bonchev–Trinajstić information content (AvgIpc) is 2.84. The monoisotopic (exact) mass is 465 g/mol. The number of esters is 1. The van der Waals surface area contributed by atoms with Gasteiger partial charge < -0.3 is 15.4 Å². The molecule has 0 spiro atoms. The van der Waals surface area contributed by atoms with Crippen molar-refractivity contribution in [1.82, 2.24) is 10.6 Å². The van der Waals surface area contributed by atoms with Crippen molar-refractivity contribution in [2.24, 2.45) is 5.92 Å². The Morgan fingerprint density at radius 3 is 2.53 bits per heavy atom. The number of benzene rings is 2. The molecule has 0 saturated carbocycles. The molecule has 0 saturated heterocycles. The maximum Gasteiger partial charge on any atom is 0.306 e. The zero-order chi connectivity index (χ0) is 24.3. The summed E-state index contributed by atoms with van der Waals surface area (Å²) >= 11 is 0. The molecule has 2 atom stereocenters. The van der Waals surface area contributed by atoms with Crippen LogP contribution in [0.3, 0.4) is 0 Å². The molecule has 2 aromatic rings. The second-order valence-electron chi connectivity index (χ2n) is 7.98. The Labute approximate surface area is 197 Å². The first-order valence-electron chi connectivity index (χ1n) is 11.1. The average molecular weight is 466 g/mol. The third-order valence-corrected chi connectivity index (χ3v) is 5.45. The molecule has 3 rings (SSSR count). The lowest BCUT2D eigenvalue weighted by Crippen LogP contribution is -2.37. The Balaban J connectivity index is 1.61. The highest BCUT2D eigenvalue weighted by Crippen LogP contribution is 2.20. The third-order valence-electron chi connectivity index (χ3n) is 5.45. The van der Waals surface area contributed by atoms with Gasteiger partial charge in [-0.25, -0.2) is 0 Å². The van der Waals surface area contributed by atoms with Crippen LogP contribution in [0.2, 0.25) is 0 Å². The first-order valence-corrected chi connectivity index (χ1v) is 11.1. The van der Waals surface area contributed by atoms with Gasteiger partial charge in [-0.15, -0.1) is 0 Å². The van der Waals surface area contributed by atoms with Crippen molar-refractivity contribution in [3.63, 3.8) is 0 Å². The molecule has 0 fully saturated rings. The fraction of sp³-hybridized carbons (Fsp3) is 0.320. The molecule has 178 valence electrons. The number of amides is 2. The summed E-state index contributed by atoms with van der Waals surface area (Å²) in [4.78, 5) is 47.8. The minimum absolute atomic E-state index is 0.0149. The Kier molecular flexibility index (Phi) is 8.90. The molecule has 0 bridgehead atoms. The van der Waals surface area contributed by atoms with Crippen LogP contribution in [-0.4, -0.2) is 29.3 Å². The quantitative estimate of drug-likeness (QED) is 0.291. The molecule has 2 amide bonds. The van der Waals surface area contributed by atoms with E-state index in [0.29, 0.717) is 12.8 Å². The van der Waals surface area contributed by atoms with Crippen LogP contribution in [0.25, 0.3) is 0 Å². The van der Waals surface area contributed by atoms with E-state index in [1.54, 1.807) is 18.2 Å². The normalized spacial score (nSPS) is 20.1. The standard InChI is InChI=1S/C25H27N3O6/c29-23(26-16-18-11-13-21(14-12-18)28(32)33)15-20-9-5-2-6-10-24(30)34-22(17-27-25(20)31)19-7-3-1-4-8-19/h1-5,7-8,11-14,20,22H,6,9-10,15-17H2,(H,26,29)(H,27,31)/b5-2+/t20-,22+/m0/s1. The van der Waals surface area contributed by atoms with E-state index in [0.717, 1.165) is 11.1 Å². The predicted octanol–water partition coefficient (Wildman–Crippen LogP) is 3.36. The molecule has 0 unspecified atom stereocenters. The molecular weight excluding hydrogens is 438 g/mol. The van der Waals surface area contributed by atoms with Crippen LogP contribution in [0.15, 0.2) is 66.7 Å². The van der Waals surface area contributed by atoms with E-state index < -0.39 is 16.9 Å². The van der Waals surface area contributed by atoms with Gasteiger partial charge in [0.05, 0.1) is 17.4 Å². The van der Waals surface area contributed by atoms with E-state index in [9.17, 15) is 24.5 Å². The number of hydrogen-bond acceptors (Lipinski definition) is 6. The summed E-state index contributed by atoms with van der Waals surface area (Å²) < 4.78 is 5.58. The maximum absolute atomic E-state index is 12.9. The lowest BCUT2D eigenvalue weighted by Gasteiger charge is -2.21. The number of non-ortho nitro benzene ring substituents is 1. The van der Waals surface area contributed by atoms with E-state index >= 15 is 0 Å². The van der Waals surface area contributed by atoms with Gasteiger partial charge in [-0.3, -0.25) is 24.5 Å². The van der Waals surface area contributed by atoms with E-state index in [4.69, 9.17) is 4.74 Å². The van der Waals surface area contributed by atoms with Gasteiger partial charge >= 0.3 is 5.97 Å². The number of nitro groups is 1. The number of nitrogens with zero attached hydrogens (tertiary/aromatic N) is 1. The molecule has 34 heavy (non-hydrogen) atoms. The van der Waals surface area contributed by atoms with Crippen LogP contribution in [0, 0.1) is 16.0 Å². The number of hydrogen-bond donors (Lipinski definition) is 2. The number of cyclic esters (lactones) is 1. The molecule has 2 N–H and O–H groups in total. The van der Waals surface area contributed by atoms with Crippen LogP contribution in [0.4, 0.5) is 5.69 Å². The molecule has 9 heteroatoms. The first-order chi connectivity index (χ1) is 16.4. The second-order valence-corrected chi connectivity index (χ2v) is 7.98. The van der Waals surface area contributed by atoms with Gasteiger partial charge in [-0.05, 0) is 24.0 Å². The summed E-state index contributed by atoms with van der Waals surface area (Å²) in [5.41, 5.74) is 1.47. The lowest BCUT2D eigenvalue weighted by molar-refractivity contribution is -0.384. The van der Waals surface area contributed by atoms with Gasteiger partial charge in [0.1, 0.15) is 6.10 Å².